The first-order valence-corrected chi connectivity index (χ1v) is 7.14. The molecular formula is C13H14N2O3S. The van der Waals surface area contributed by atoms with E-state index in [1.807, 2.05) is 0 Å². The zero-order chi connectivity index (χ0) is 13.7. The Hall–Kier alpha value is -1.92. The molecule has 0 aliphatic rings. The highest BCUT2D eigenvalue weighted by atomic mass is 32.2. The fourth-order valence-corrected chi connectivity index (χ4v) is 2.46. The lowest BCUT2D eigenvalue weighted by Gasteiger charge is -2.06. The van der Waals surface area contributed by atoms with Crippen LogP contribution in [0.5, 0.6) is 5.75 Å². The van der Waals surface area contributed by atoms with Gasteiger partial charge in [-0.1, -0.05) is 18.2 Å². The third kappa shape index (κ3) is 3.52. The minimum Gasteiger partial charge on any atom is -0.497 e. The van der Waals surface area contributed by atoms with Gasteiger partial charge >= 0.3 is 0 Å². The predicted molar refractivity (Wildman–Crippen MR) is 71.3 cm³/mol. The van der Waals surface area contributed by atoms with E-state index in [1.54, 1.807) is 43.5 Å². The molecule has 1 aromatic carbocycles. The average molecular weight is 278 g/mol. The van der Waals surface area contributed by atoms with E-state index in [1.165, 1.54) is 12.3 Å². The van der Waals surface area contributed by atoms with E-state index in [0.29, 0.717) is 0 Å². The maximum Gasteiger partial charge on any atom is 0.258 e. The maximum absolute atomic E-state index is 11.9. The van der Waals surface area contributed by atoms with Gasteiger partial charge in [0, 0.05) is 12.7 Å². The van der Waals surface area contributed by atoms with Gasteiger partial charge in [0.2, 0.25) is 0 Å². The summed E-state index contributed by atoms with van der Waals surface area (Å²) >= 11 is 0. The highest BCUT2D eigenvalue weighted by molar-refractivity contribution is 7.89. The summed E-state index contributed by atoms with van der Waals surface area (Å²) in [5.41, 5.74) is 0.848. The van der Waals surface area contributed by atoms with Crippen molar-refractivity contribution >= 4 is 10.0 Å². The molecule has 0 saturated heterocycles. The molecule has 0 amide bonds. The molecule has 2 aromatic rings. The van der Waals surface area contributed by atoms with Crippen LogP contribution in [0.1, 0.15) is 5.56 Å². The van der Waals surface area contributed by atoms with Crippen LogP contribution in [-0.4, -0.2) is 20.5 Å². The van der Waals surface area contributed by atoms with Crippen LogP contribution in [-0.2, 0) is 16.6 Å². The standard InChI is InChI=1S/C13H14N2O3S/c1-18-12-7-5-11(6-8-12)10-15-19(16,17)13-4-2-3-9-14-13/h2-9,15H,10H2,1H3. The number of methoxy groups -OCH3 is 1. The first-order chi connectivity index (χ1) is 9.12. The molecular weight excluding hydrogens is 264 g/mol. The van der Waals surface area contributed by atoms with Gasteiger partial charge in [0.05, 0.1) is 7.11 Å². The second kappa shape index (κ2) is 5.81. The lowest BCUT2D eigenvalue weighted by Crippen LogP contribution is -2.24. The van der Waals surface area contributed by atoms with Gasteiger partial charge in [0.1, 0.15) is 5.75 Å². The van der Waals surface area contributed by atoms with Crippen molar-refractivity contribution in [1.82, 2.24) is 9.71 Å². The average Bonchev–Trinajstić information content (AvgIpc) is 2.47. The van der Waals surface area contributed by atoms with Gasteiger partial charge in [-0.15, -0.1) is 0 Å². The van der Waals surface area contributed by atoms with Gasteiger partial charge in [0.15, 0.2) is 5.03 Å². The molecule has 0 atom stereocenters. The molecule has 1 aromatic heterocycles. The van der Waals surface area contributed by atoms with Crippen LogP contribution < -0.4 is 9.46 Å². The molecule has 5 nitrogen and oxygen atoms in total. The highest BCUT2D eigenvalue weighted by Crippen LogP contribution is 2.12. The topological polar surface area (TPSA) is 68.3 Å². The van der Waals surface area contributed by atoms with Crippen molar-refractivity contribution in [3.05, 3.63) is 54.2 Å². The zero-order valence-corrected chi connectivity index (χ0v) is 11.2. The summed E-state index contributed by atoms with van der Waals surface area (Å²) in [6.45, 7) is 0.211. The van der Waals surface area contributed by atoms with Crippen LogP contribution >= 0.6 is 0 Å². The maximum atomic E-state index is 11.9. The number of rotatable bonds is 5. The molecule has 0 aliphatic heterocycles. The minimum atomic E-state index is -3.57. The van der Waals surface area contributed by atoms with Crippen molar-refractivity contribution < 1.29 is 13.2 Å². The molecule has 6 heteroatoms. The fourth-order valence-electron chi connectivity index (χ4n) is 1.50. The third-order valence-electron chi connectivity index (χ3n) is 2.54. The largest absolute Gasteiger partial charge is 0.497 e. The van der Waals surface area contributed by atoms with Gasteiger partial charge in [-0.3, -0.25) is 0 Å². The van der Waals surface area contributed by atoms with Crippen LogP contribution in [0, 0.1) is 0 Å². The van der Waals surface area contributed by atoms with Crippen LogP contribution in [0.2, 0.25) is 0 Å². The summed E-state index contributed by atoms with van der Waals surface area (Å²) < 4.78 is 31.4. The lowest BCUT2D eigenvalue weighted by atomic mass is 10.2. The molecule has 0 unspecified atom stereocenters. The highest BCUT2D eigenvalue weighted by Gasteiger charge is 2.14. The van der Waals surface area contributed by atoms with Crippen LogP contribution in [0.25, 0.3) is 0 Å². The molecule has 100 valence electrons. The van der Waals surface area contributed by atoms with E-state index in [-0.39, 0.29) is 11.6 Å². The summed E-state index contributed by atoms with van der Waals surface area (Å²) in [6.07, 6.45) is 1.45. The number of nitrogens with one attached hydrogen (secondary N) is 1. The number of benzene rings is 1. The van der Waals surface area contributed by atoms with Crippen molar-refractivity contribution in [2.75, 3.05) is 7.11 Å². The Morgan fingerprint density at radius 3 is 2.47 bits per heavy atom. The second-order valence-electron chi connectivity index (χ2n) is 3.84. The van der Waals surface area contributed by atoms with E-state index >= 15 is 0 Å². The normalized spacial score (nSPS) is 11.2. The molecule has 2 rings (SSSR count). The Morgan fingerprint density at radius 1 is 1.16 bits per heavy atom. The SMILES string of the molecule is COc1ccc(CNS(=O)(=O)c2ccccn2)cc1. The van der Waals surface area contributed by atoms with E-state index in [2.05, 4.69) is 9.71 Å². The van der Waals surface area contributed by atoms with Crippen molar-refractivity contribution in [3.63, 3.8) is 0 Å². The van der Waals surface area contributed by atoms with Crippen LogP contribution in [0.4, 0.5) is 0 Å². The Bertz CT molecular complexity index is 625. The molecule has 1 N–H and O–H groups in total. The Morgan fingerprint density at radius 2 is 1.89 bits per heavy atom. The van der Waals surface area contributed by atoms with Gasteiger partial charge in [0.25, 0.3) is 10.0 Å². The smallest absolute Gasteiger partial charge is 0.258 e. The van der Waals surface area contributed by atoms with Crippen LogP contribution in [0.3, 0.4) is 0 Å². The first-order valence-electron chi connectivity index (χ1n) is 5.65. The van der Waals surface area contributed by atoms with E-state index in [9.17, 15) is 8.42 Å². The Kier molecular flexibility index (Phi) is 4.13. The van der Waals surface area contributed by atoms with Gasteiger partial charge in [-0.05, 0) is 29.8 Å². The molecule has 0 spiro atoms. The van der Waals surface area contributed by atoms with Crippen molar-refractivity contribution in [3.8, 4) is 5.75 Å². The quantitative estimate of drug-likeness (QED) is 0.901. The van der Waals surface area contributed by atoms with Gasteiger partial charge < -0.3 is 4.74 Å². The Balaban J connectivity index is 2.05. The number of aromatic nitrogens is 1. The molecule has 0 fully saturated rings. The number of hydrogen-bond donors (Lipinski definition) is 1. The van der Waals surface area contributed by atoms with Gasteiger partial charge in [-0.25, -0.2) is 18.1 Å². The monoisotopic (exact) mass is 278 g/mol. The first kappa shape index (κ1) is 13.5. The van der Waals surface area contributed by atoms with E-state index < -0.39 is 10.0 Å². The lowest BCUT2D eigenvalue weighted by molar-refractivity contribution is 0.414. The molecule has 0 radical (unpaired) electrons. The van der Waals surface area contributed by atoms with E-state index in [0.717, 1.165) is 11.3 Å². The molecule has 19 heavy (non-hydrogen) atoms. The fraction of sp³-hybridized carbons (Fsp3) is 0.154. The number of nitrogens with zero attached hydrogens (tertiary/aromatic N) is 1. The van der Waals surface area contributed by atoms with E-state index in [4.69, 9.17) is 4.74 Å². The summed E-state index contributed by atoms with van der Waals surface area (Å²) in [5.74, 6) is 0.733. The van der Waals surface area contributed by atoms with Crippen molar-refractivity contribution in [2.45, 2.75) is 11.6 Å². The number of sulfonamides is 1. The summed E-state index contributed by atoms with van der Waals surface area (Å²) in [5, 5.41) is 0.0171. The van der Waals surface area contributed by atoms with Crippen molar-refractivity contribution in [1.29, 1.82) is 0 Å². The minimum absolute atomic E-state index is 0.0171. The van der Waals surface area contributed by atoms with Gasteiger partial charge in [-0.2, -0.15) is 0 Å². The van der Waals surface area contributed by atoms with Crippen molar-refractivity contribution in [2.24, 2.45) is 0 Å². The zero-order valence-electron chi connectivity index (χ0n) is 10.4. The summed E-state index contributed by atoms with van der Waals surface area (Å²) in [4.78, 5) is 3.82. The number of pyridine rings is 1. The number of ether oxygens (including phenoxy) is 1. The predicted octanol–water partition coefficient (Wildman–Crippen LogP) is 1.57. The second-order valence-corrected chi connectivity index (χ2v) is 5.55. The third-order valence-corrected chi connectivity index (χ3v) is 3.85. The molecule has 0 bridgehead atoms. The molecule has 1 heterocycles. The summed E-state index contributed by atoms with van der Waals surface area (Å²) in [6, 6.07) is 11.9. The Labute approximate surface area is 112 Å². The van der Waals surface area contributed by atoms with Crippen LogP contribution in [0.15, 0.2) is 53.7 Å². The summed E-state index contributed by atoms with van der Waals surface area (Å²) in [7, 11) is -1.98. The molecule has 0 saturated carbocycles. The molecule has 0 aliphatic carbocycles. The number of hydrogen-bond acceptors (Lipinski definition) is 4.